The van der Waals surface area contributed by atoms with E-state index < -0.39 is 0 Å². The van der Waals surface area contributed by atoms with E-state index in [9.17, 15) is 0 Å². The van der Waals surface area contributed by atoms with E-state index in [0.717, 1.165) is 28.1 Å². The molecule has 0 radical (unpaired) electrons. The van der Waals surface area contributed by atoms with Gasteiger partial charge in [0.15, 0.2) is 0 Å². The second-order valence-electron chi connectivity index (χ2n) is 4.17. The van der Waals surface area contributed by atoms with Gasteiger partial charge in [-0.15, -0.1) is 0 Å². The summed E-state index contributed by atoms with van der Waals surface area (Å²) < 4.78 is 6.60. The molecule has 1 heterocycles. The third-order valence-electron chi connectivity index (χ3n) is 2.86. The third-order valence-corrected chi connectivity index (χ3v) is 3.58. The molecule has 0 aliphatic rings. The second-order valence-corrected chi connectivity index (χ2v) is 4.96. The molecular weight excluding hydrogens is 306 g/mol. The summed E-state index contributed by atoms with van der Waals surface area (Å²) in [6.45, 7) is 6.89. The van der Waals surface area contributed by atoms with Gasteiger partial charge in [0.2, 0.25) is 5.88 Å². The van der Waals surface area contributed by atoms with Crippen molar-refractivity contribution in [3.05, 3.63) is 40.1 Å². The molecule has 5 heteroatoms. The molecule has 0 spiro atoms. The van der Waals surface area contributed by atoms with E-state index in [-0.39, 0.29) is 0 Å². The molecule has 19 heavy (non-hydrogen) atoms. The van der Waals surface area contributed by atoms with Crippen molar-refractivity contribution >= 4 is 21.7 Å². The van der Waals surface area contributed by atoms with Gasteiger partial charge < -0.3 is 10.1 Å². The predicted octanol–water partition coefficient (Wildman–Crippen LogP) is 4.08. The zero-order valence-electron chi connectivity index (χ0n) is 11.2. The number of benzene rings is 1. The Balaban J connectivity index is 2.33. The van der Waals surface area contributed by atoms with Crippen LogP contribution >= 0.6 is 15.9 Å². The number of nitrogens with one attached hydrogen (secondary N) is 1. The largest absolute Gasteiger partial charge is 0.437 e. The molecule has 1 aromatic heterocycles. The van der Waals surface area contributed by atoms with E-state index >= 15 is 0 Å². The second kappa shape index (κ2) is 6.02. The fourth-order valence-corrected chi connectivity index (χ4v) is 2.08. The molecule has 1 N–H and O–H groups in total. The molecule has 0 unspecified atom stereocenters. The van der Waals surface area contributed by atoms with Crippen molar-refractivity contribution in [1.82, 2.24) is 9.97 Å². The Hall–Kier alpha value is -1.62. The zero-order chi connectivity index (χ0) is 13.8. The summed E-state index contributed by atoms with van der Waals surface area (Å²) in [4.78, 5) is 8.33. The van der Waals surface area contributed by atoms with Gasteiger partial charge in [0.25, 0.3) is 0 Å². The number of ether oxygens (including phenoxy) is 1. The SMILES string of the molecule is CCNc1ncnc(Oc2cccc(C)c2C)c1Br. The van der Waals surface area contributed by atoms with E-state index in [1.165, 1.54) is 11.9 Å². The highest BCUT2D eigenvalue weighted by molar-refractivity contribution is 9.10. The molecule has 0 bridgehead atoms. The van der Waals surface area contributed by atoms with Crippen LogP contribution in [-0.2, 0) is 0 Å². The number of aromatic nitrogens is 2. The van der Waals surface area contributed by atoms with Crippen LogP contribution in [0, 0.1) is 13.8 Å². The lowest BCUT2D eigenvalue weighted by atomic mass is 10.1. The first kappa shape index (κ1) is 13.8. The molecule has 0 aliphatic heterocycles. The van der Waals surface area contributed by atoms with Crippen molar-refractivity contribution in [1.29, 1.82) is 0 Å². The highest BCUT2D eigenvalue weighted by atomic mass is 79.9. The Labute approximate surface area is 121 Å². The predicted molar refractivity (Wildman–Crippen MR) is 79.9 cm³/mol. The Bertz CT molecular complexity index is 587. The van der Waals surface area contributed by atoms with Crippen LogP contribution in [0.25, 0.3) is 0 Å². The van der Waals surface area contributed by atoms with Crippen molar-refractivity contribution in [2.45, 2.75) is 20.8 Å². The lowest BCUT2D eigenvalue weighted by Gasteiger charge is -2.12. The molecule has 0 amide bonds. The molecule has 0 saturated heterocycles. The van der Waals surface area contributed by atoms with Crippen LogP contribution in [0.5, 0.6) is 11.6 Å². The number of hydrogen-bond acceptors (Lipinski definition) is 4. The number of hydrogen-bond donors (Lipinski definition) is 1. The summed E-state index contributed by atoms with van der Waals surface area (Å²) >= 11 is 3.47. The topological polar surface area (TPSA) is 47.0 Å². The quantitative estimate of drug-likeness (QED) is 0.921. The van der Waals surface area contributed by atoms with Crippen molar-refractivity contribution in [2.24, 2.45) is 0 Å². The van der Waals surface area contributed by atoms with Gasteiger partial charge in [0, 0.05) is 6.54 Å². The van der Waals surface area contributed by atoms with Gasteiger partial charge in [-0.3, -0.25) is 0 Å². The van der Waals surface area contributed by atoms with Crippen LogP contribution in [0.3, 0.4) is 0 Å². The fraction of sp³-hybridized carbons (Fsp3) is 0.286. The minimum Gasteiger partial charge on any atom is -0.437 e. The molecule has 0 atom stereocenters. The lowest BCUT2D eigenvalue weighted by Crippen LogP contribution is -2.02. The van der Waals surface area contributed by atoms with Crippen molar-refractivity contribution in [2.75, 3.05) is 11.9 Å². The Kier molecular flexibility index (Phi) is 4.37. The zero-order valence-corrected chi connectivity index (χ0v) is 12.8. The first-order valence-electron chi connectivity index (χ1n) is 6.12. The van der Waals surface area contributed by atoms with E-state index in [4.69, 9.17) is 4.74 Å². The first-order valence-corrected chi connectivity index (χ1v) is 6.91. The van der Waals surface area contributed by atoms with Crippen LogP contribution in [0.4, 0.5) is 5.82 Å². The van der Waals surface area contributed by atoms with E-state index in [1.807, 2.05) is 26.0 Å². The number of nitrogens with zero attached hydrogens (tertiary/aromatic N) is 2. The van der Waals surface area contributed by atoms with Crippen molar-refractivity contribution in [3.8, 4) is 11.6 Å². The molecule has 4 nitrogen and oxygen atoms in total. The summed E-state index contributed by atoms with van der Waals surface area (Å²) in [7, 11) is 0. The lowest BCUT2D eigenvalue weighted by molar-refractivity contribution is 0.454. The summed E-state index contributed by atoms with van der Waals surface area (Å²) in [6.07, 6.45) is 1.49. The van der Waals surface area contributed by atoms with Crippen LogP contribution in [-0.4, -0.2) is 16.5 Å². The van der Waals surface area contributed by atoms with Gasteiger partial charge in [0.1, 0.15) is 22.4 Å². The standard InChI is InChI=1S/C14H16BrN3O/c1-4-16-13-12(15)14(18-8-17-13)19-11-7-5-6-9(2)10(11)3/h5-8H,4H2,1-3H3,(H,16,17,18). The van der Waals surface area contributed by atoms with Crippen LogP contribution in [0.15, 0.2) is 29.0 Å². The monoisotopic (exact) mass is 321 g/mol. The number of rotatable bonds is 4. The Morgan fingerprint density at radius 1 is 1.26 bits per heavy atom. The average molecular weight is 322 g/mol. The highest BCUT2D eigenvalue weighted by Gasteiger charge is 2.11. The van der Waals surface area contributed by atoms with E-state index in [0.29, 0.717) is 5.88 Å². The Morgan fingerprint density at radius 2 is 2.05 bits per heavy atom. The van der Waals surface area contributed by atoms with Crippen LogP contribution in [0.2, 0.25) is 0 Å². The maximum absolute atomic E-state index is 5.87. The molecular formula is C14H16BrN3O. The maximum Gasteiger partial charge on any atom is 0.238 e. The summed E-state index contributed by atoms with van der Waals surface area (Å²) in [6, 6.07) is 5.96. The number of aryl methyl sites for hydroxylation is 1. The third kappa shape index (κ3) is 3.04. The summed E-state index contributed by atoms with van der Waals surface area (Å²) in [5.41, 5.74) is 2.30. The van der Waals surface area contributed by atoms with Crippen molar-refractivity contribution < 1.29 is 4.74 Å². The van der Waals surface area contributed by atoms with Gasteiger partial charge >= 0.3 is 0 Å². The van der Waals surface area contributed by atoms with Gasteiger partial charge in [-0.2, -0.15) is 0 Å². The minimum atomic E-state index is 0.514. The summed E-state index contributed by atoms with van der Waals surface area (Å²) in [5.74, 6) is 2.05. The first-order chi connectivity index (χ1) is 9.13. The van der Waals surface area contributed by atoms with Gasteiger partial charge in [-0.05, 0) is 53.9 Å². The number of halogens is 1. The summed E-state index contributed by atoms with van der Waals surface area (Å²) in [5, 5.41) is 3.15. The van der Waals surface area contributed by atoms with Gasteiger partial charge in [-0.1, -0.05) is 12.1 Å². The van der Waals surface area contributed by atoms with E-state index in [1.54, 1.807) is 0 Å². The van der Waals surface area contributed by atoms with Gasteiger partial charge in [-0.25, -0.2) is 9.97 Å². The average Bonchev–Trinajstić information content (AvgIpc) is 2.40. The highest BCUT2D eigenvalue weighted by Crippen LogP contribution is 2.33. The molecule has 0 saturated carbocycles. The molecule has 0 fully saturated rings. The van der Waals surface area contributed by atoms with Crippen molar-refractivity contribution in [3.63, 3.8) is 0 Å². The molecule has 2 rings (SSSR count). The van der Waals surface area contributed by atoms with Crippen LogP contribution in [0.1, 0.15) is 18.1 Å². The molecule has 1 aromatic carbocycles. The fourth-order valence-electron chi connectivity index (χ4n) is 1.65. The van der Waals surface area contributed by atoms with E-state index in [2.05, 4.69) is 44.2 Å². The Morgan fingerprint density at radius 3 is 2.79 bits per heavy atom. The van der Waals surface area contributed by atoms with Gasteiger partial charge in [0.05, 0.1) is 0 Å². The van der Waals surface area contributed by atoms with Crippen LogP contribution < -0.4 is 10.1 Å². The molecule has 0 aliphatic carbocycles. The number of anilines is 1. The minimum absolute atomic E-state index is 0.514. The molecule has 100 valence electrons. The smallest absolute Gasteiger partial charge is 0.238 e. The maximum atomic E-state index is 5.87. The normalized spacial score (nSPS) is 10.3. The molecule has 2 aromatic rings.